The minimum atomic E-state index is -0.0364. The highest BCUT2D eigenvalue weighted by Crippen LogP contribution is 2.45. The van der Waals surface area contributed by atoms with Crippen molar-refractivity contribution in [2.45, 2.75) is 38.6 Å². The second-order valence-corrected chi connectivity index (χ2v) is 8.81. The predicted octanol–water partition coefficient (Wildman–Crippen LogP) is 4.59. The Hall–Kier alpha value is -1.46. The molecular weight excluding hydrogens is 354 g/mol. The molecule has 1 aromatic carbocycles. The molecular formula is C19H24ClN3OS. The Balaban J connectivity index is 2.05. The van der Waals surface area contributed by atoms with E-state index in [0.29, 0.717) is 21.0 Å². The summed E-state index contributed by atoms with van der Waals surface area (Å²) in [5.41, 5.74) is 3.45. The molecule has 1 fully saturated rings. The number of rotatable bonds is 1. The van der Waals surface area contributed by atoms with Gasteiger partial charge < -0.3 is 4.90 Å². The standard InChI is InChI=1S/C19H24ClN3OS/c1-11-10-19(2,3)23(6)15-9-14(20)12(7-13(11)15)8-16-17(24)22(5)18(21-4)25-16/h7-9,11H,10H2,1-6H3/b16-8-,21-18?. The number of hydrogen-bond acceptors (Lipinski definition) is 4. The molecule has 0 bridgehead atoms. The van der Waals surface area contributed by atoms with E-state index in [9.17, 15) is 4.79 Å². The number of anilines is 1. The molecule has 0 radical (unpaired) electrons. The zero-order valence-electron chi connectivity index (χ0n) is 15.6. The number of thioether (sulfide) groups is 1. The third kappa shape index (κ3) is 3.08. The summed E-state index contributed by atoms with van der Waals surface area (Å²) in [6, 6.07) is 4.17. The van der Waals surface area contributed by atoms with E-state index < -0.39 is 0 Å². The molecule has 6 heteroatoms. The molecule has 3 rings (SSSR count). The fourth-order valence-corrected chi connectivity index (χ4v) is 4.74. The van der Waals surface area contributed by atoms with Crippen LogP contribution in [0, 0.1) is 0 Å². The molecule has 0 aliphatic carbocycles. The largest absolute Gasteiger partial charge is 0.369 e. The number of carbonyl (C=O) groups excluding carboxylic acids is 1. The van der Waals surface area contributed by atoms with Crippen molar-refractivity contribution in [3.8, 4) is 0 Å². The first kappa shape index (κ1) is 18.3. The maximum atomic E-state index is 12.4. The van der Waals surface area contributed by atoms with Crippen molar-refractivity contribution in [2.75, 3.05) is 26.0 Å². The Morgan fingerprint density at radius 3 is 2.64 bits per heavy atom. The highest BCUT2D eigenvalue weighted by Gasteiger charge is 2.35. The predicted molar refractivity (Wildman–Crippen MR) is 109 cm³/mol. The maximum Gasteiger partial charge on any atom is 0.266 e. The van der Waals surface area contributed by atoms with Crippen molar-refractivity contribution in [3.63, 3.8) is 0 Å². The number of fused-ring (bicyclic) bond motifs is 1. The Kier molecular flexibility index (Phi) is 4.67. The molecule has 134 valence electrons. The summed E-state index contributed by atoms with van der Waals surface area (Å²) in [4.78, 5) is 21.1. The highest BCUT2D eigenvalue weighted by molar-refractivity contribution is 8.18. The number of hydrogen-bond donors (Lipinski definition) is 0. The highest BCUT2D eigenvalue weighted by atomic mass is 35.5. The molecule has 0 spiro atoms. The number of amidine groups is 1. The lowest BCUT2D eigenvalue weighted by Crippen LogP contribution is -2.45. The van der Waals surface area contributed by atoms with Gasteiger partial charge in [-0.3, -0.25) is 14.7 Å². The maximum absolute atomic E-state index is 12.4. The van der Waals surface area contributed by atoms with E-state index in [0.717, 1.165) is 12.0 Å². The Morgan fingerprint density at radius 1 is 1.36 bits per heavy atom. The molecule has 0 saturated carbocycles. The van der Waals surface area contributed by atoms with Gasteiger partial charge in [0.25, 0.3) is 5.91 Å². The van der Waals surface area contributed by atoms with Gasteiger partial charge in [-0.15, -0.1) is 0 Å². The lowest BCUT2D eigenvalue weighted by atomic mass is 9.80. The normalized spacial score (nSPS) is 25.9. The second kappa shape index (κ2) is 6.36. The van der Waals surface area contributed by atoms with Crippen LogP contribution in [0.4, 0.5) is 5.69 Å². The number of halogens is 1. The number of aliphatic imine (C=N–C) groups is 1. The van der Waals surface area contributed by atoms with Gasteiger partial charge in [-0.05, 0) is 67.3 Å². The lowest BCUT2D eigenvalue weighted by Gasteiger charge is -2.45. The van der Waals surface area contributed by atoms with Gasteiger partial charge in [0.05, 0.1) is 4.91 Å². The minimum Gasteiger partial charge on any atom is -0.369 e. The van der Waals surface area contributed by atoms with Crippen LogP contribution in [-0.4, -0.2) is 42.7 Å². The third-order valence-electron chi connectivity index (χ3n) is 5.23. The van der Waals surface area contributed by atoms with Crippen LogP contribution in [0.1, 0.15) is 44.2 Å². The van der Waals surface area contributed by atoms with Gasteiger partial charge in [-0.1, -0.05) is 18.5 Å². The van der Waals surface area contributed by atoms with Crippen molar-refractivity contribution < 1.29 is 4.79 Å². The van der Waals surface area contributed by atoms with E-state index in [1.54, 1.807) is 19.0 Å². The number of benzene rings is 1. The van der Waals surface area contributed by atoms with Crippen LogP contribution in [0.25, 0.3) is 6.08 Å². The van der Waals surface area contributed by atoms with E-state index in [1.807, 2.05) is 12.1 Å². The molecule has 1 aromatic rings. The molecule has 0 N–H and O–H groups in total. The van der Waals surface area contributed by atoms with Gasteiger partial charge in [-0.25, -0.2) is 0 Å². The third-order valence-corrected chi connectivity index (χ3v) is 6.71. The van der Waals surface area contributed by atoms with Crippen molar-refractivity contribution in [1.29, 1.82) is 0 Å². The van der Waals surface area contributed by atoms with E-state index >= 15 is 0 Å². The number of likely N-dealkylation sites (N-methyl/N-ethyl adjacent to an activating group) is 1. The molecule has 0 aromatic heterocycles. The smallest absolute Gasteiger partial charge is 0.266 e. The molecule has 1 atom stereocenters. The van der Waals surface area contributed by atoms with Gasteiger partial charge in [0.15, 0.2) is 5.17 Å². The van der Waals surface area contributed by atoms with E-state index in [2.05, 4.69) is 43.8 Å². The van der Waals surface area contributed by atoms with Gasteiger partial charge in [0.1, 0.15) is 0 Å². The molecule has 4 nitrogen and oxygen atoms in total. The topological polar surface area (TPSA) is 35.9 Å². The van der Waals surface area contributed by atoms with Crippen LogP contribution in [-0.2, 0) is 4.79 Å². The average molecular weight is 378 g/mol. The Bertz CT molecular complexity index is 800. The van der Waals surface area contributed by atoms with Gasteiger partial charge in [0, 0.05) is 37.4 Å². The van der Waals surface area contributed by atoms with Crippen LogP contribution < -0.4 is 4.90 Å². The quantitative estimate of drug-likeness (QED) is 0.671. The van der Waals surface area contributed by atoms with Crippen LogP contribution in [0.5, 0.6) is 0 Å². The summed E-state index contributed by atoms with van der Waals surface area (Å²) in [5.74, 6) is 0.406. The fraction of sp³-hybridized carbons (Fsp3) is 0.474. The van der Waals surface area contributed by atoms with Gasteiger partial charge in [0.2, 0.25) is 0 Å². The molecule has 1 amide bonds. The first-order valence-electron chi connectivity index (χ1n) is 8.37. The summed E-state index contributed by atoms with van der Waals surface area (Å²) < 4.78 is 0. The van der Waals surface area contributed by atoms with E-state index in [1.165, 1.54) is 23.0 Å². The lowest BCUT2D eigenvalue weighted by molar-refractivity contribution is -0.121. The van der Waals surface area contributed by atoms with Crippen molar-refractivity contribution in [3.05, 3.63) is 33.2 Å². The molecule has 25 heavy (non-hydrogen) atoms. The van der Waals surface area contributed by atoms with E-state index in [4.69, 9.17) is 11.6 Å². The number of amides is 1. The molecule has 1 unspecified atom stereocenters. The minimum absolute atomic E-state index is 0.0364. The fourth-order valence-electron chi connectivity index (χ4n) is 3.61. The first-order valence-corrected chi connectivity index (χ1v) is 9.57. The average Bonchev–Trinajstić information content (AvgIpc) is 2.81. The SMILES string of the molecule is CN=C1S/C(=C\c2cc3c(cc2Cl)N(C)C(C)(C)CC3C)C(=O)N1C. The second-order valence-electron chi connectivity index (χ2n) is 7.39. The molecule has 2 aliphatic rings. The van der Waals surface area contributed by atoms with Crippen LogP contribution in [0.3, 0.4) is 0 Å². The summed E-state index contributed by atoms with van der Waals surface area (Å²) in [6.07, 6.45) is 2.97. The summed E-state index contributed by atoms with van der Waals surface area (Å²) in [5, 5.41) is 1.38. The van der Waals surface area contributed by atoms with Crippen molar-refractivity contribution in [2.24, 2.45) is 4.99 Å². The molecule has 1 saturated heterocycles. The van der Waals surface area contributed by atoms with Gasteiger partial charge >= 0.3 is 0 Å². The van der Waals surface area contributed by atoms with E-state index in [-0.39, 0.29) is 11.4 Å². The Labute approximate surface area is 158 Å². The molecule has 2 heterocycles. The molecule has 2 aliphatic heterocycles. The van der Waals surface area contributed by atoms with Crippen molar-refractivity contribution >= 4 is 46.2 Å². The zero-order valence-corrected chi connectivity index (χ0v) is 17.1. The Morgan fingerprint density at radius 2 is 2.04 bits per heavy atom. The monoisotopic (exact) mass is 377 g/mol. The van der Waals surface area contributed by atoms with Gasteiger partial charge in [-0.2, -0.15) is 0 Å². The van der Waals surface area contributed by atoms with Crippen LogP contribution >= 0.6 is 23.4 Å². The van der Waals surface area contributed by atoms with Crippen molar-refractivity contribution in [1.82, 2.24) is 4.90 Å². The zero-order chi connectivity index (χ0) is 18.5. The van der Waals surface area contributed by atoms with Crippen LogP contribution in [0.2, 0.25) is 5.02 Å². The summed E-state index contributed by atoms with van der Waals surface area (Å²) >= 11 is 7.95. The summed E-state index contributed by atoms with van der Waals surface area (Å²) in [6.45, 7) is 6.76. The number of carbonyl (C=O) groups is 1. The first-order chi connectivity index (χ1) is 11.7. The number of nitrogens with zero attached hydrogens (tertiary/aromatic N) is 3. The summed E-state index contributed by atoms with van der Waals surface area (Å²) in [7, 11) is 5.56. The van der Waals surface area contributed by atoms with Crippen LogP contribution in [0.15, 0.2) is 22.0 Å².